The summed E-state index contributed by atoms with van der Waals surface area (Å²) in [5, 5.41) is 23.1. The minimum absolute atomic E-state index is 0.00396. The zero-order valence-electron chi connectivity index (χ0n) is 57.7. The Kier molecular flexibility index (Phi) is 41.1. The molecule has 1 rings (SSSR count). The van der Waals surface area contributed by atoms with Gasteiger partial charge in [-0.2, -0.15) is 0 Å². The third kappa shape index (κ3) is 32.8. The number of carbonyl (C=O) groups excluding carboxylic acids is 8. The molecule has 3 N–H and O–H groups in total. The molecule has 1 heterocycles. The van der Waals surface area contributed by atoms with Crippen LogP contribution in [0.15, 0.2) is 11.8 Å². The Morgan fingerprint density at radius 2 is 0.818 bits per heavy atom. The van der Waals surface area contributed by atoms with Crippen molar-refractivity contribution in [1.29, 1.82) is 0 Å². The van der Waals surface area contributed by atoms with E-state index in [1.807, 2.05) is 20.8 Å². The van der Waals surface area contributed by atoms with Crippen molar-refractivity contribution in [3.63, 3.8) is 0 Å². The minimum Gasteiger partial charge on any atom is -0.444 e. The highest BCUT2D eigenvalue weighted by Crippen LogP contribution is 2.24. The lowest BCUT2D eigenvalue weighted by Crippen LogP contribution is -2.57. The molecule has 4 unspecified atom stereocenters. The molecule has 8 amide bonds. The lowest BCUT2D eigenvalue weighted by atomic mass is 9.98. The molecular weight excluding hydrogens is 1120 g/mol. The third-order valence-corrected chi connectivity index (χ3v) is 16.7. The fourth-order valence-corrected chi connectivity index (χ4v) is 10.6. The number of aliphatic hydroxyl groups is 2. The van der Waals surface area contributed by atoms with Crippen molar-refractivity contribution in [2.24, 2.45) is 23.7 Å². The van der Waals surface area contributed by atoms with E-state index >= 15 is 9.59 Å². The van der Waals surface area contributed by atoms with E-state index in [0.29, 0.717) is 31.5 Å². The van der Waals surface area contributed by atoms with Crippen molar-refractivity contribution < 1.29 is 62.8 Å². The molecule has 0 aromatic carbocycles. The number of amides is 8. The predicted octanol–water partition coefficient (Wildman–Crippen LogP) is 9.02. The van der Waals surface area contributed by atoms with Gasteiger partial charge in [0.05, 0.1) is 58.5 Å². The van der Waals surface area contributed by atoms with Gasteiger partial charge in [-0.1, -0.05) is 139 Å². The third-order valence-electron chi connectivity index (χ3n) is 16.7. The van der Waals surface area contributed by atoms with Gasteiger partial charge in [-0.05, 0) is 111 Å². The quantitative estimate of drug-likeness (QED) is 0.0516. The molecule has 0 saturated carbocycles. The van der Waals surface area contributed by atoms with Crippen molar-refractivity contribution in [2.75, 3.05) is 112 Å². The lowest BCUT2D eigenvalue weighted by molar-refractivity contribution is -0.261. The van der Waals surface area contributed by atoms with Gasteiger partial charge in [-0.15, -0.1) is 0 Å². The van der Waals surface area contributed by atoms with E-state index in [4.69, 9.17) is 14.2 Å². The zero-order valence-corrected chi connectivity index (χ0v) is 57.7. The predicted molar refractivity (Wildman–Crippen MR) is 346 cm³/mol. The Morgan fingerprint density at radius 3 is 1.11 bits per heavy atom. The monoisotopic (exact) mass is 1250 g/mol. The second kappa shape index (κ2) is 44.6. The largest absolute Gasteiger partial charge is 0.444 e. The van der Waals surface area contributed by atoms with E-state index in [-0.39, 0.29) is 115 Å². The number of rotatable bonds is 46. The molecule has 0 bridgehead atoms. The highest BCUT2D eigenvalue weighted by Gasteiger charge is 2.39. The van der Waals surface area contributed by atoms with E-state index in [1.165, 1.54) is 34.3 Å². The molecule has 0 spiro atoms. The van der Waals surface area contributed by atoms with Crippen LogP contribution in [-0.4, -0.2) is 221 Å². The summed E-state index contributed by atoms with van der Waals surface area (Å²) in [6, 6.07) is -0.677. The maximum absolute atomic E-state index is 15.2. The van der Waals surface area contributed by atoms with Crippen LogP contribution in [0.5, 0.6) is 0 Å². The number of unbranched alkanes of at least 4 members (excludes halogenated alkanes) is 4. The normalized spacial score (nSPS) is 14.9. The molecule has 88 heavy (non-hydrogen) atoms. The Bertz CT molecular complexity index is 2080. The van der Waals surface area contributed by atoms with E-state index in [2.05, 4.69) is 39.9 Å². The molecule has 1 aliphatic heterocycles. The second-order valence-electron chi connectivity index (χ2n) is 25.9. The summed E-state index contributed by atoms with van der Waals surface area (Å²) >= 11 is 0. The van der Waals surface area contributed by atoms with Crippen molar-refractivity contribution >= 4 is 47.4 Å². The fourth-order valence-electron chi connectivity index (χ4n) is 10.6. The molecule has 0 aromatic heterocycles. The number of carbonyl (C=O) groups is 8. The van der Waals surface area contributed by atoms with Gasteiger partial charge in [0.25, 0.3) is 0 Å². The molecule has 1 saturated heterocycles. The average molecular weight is 1250 g/mol. The molecule has 21 heteroatoms. The summed E-state index contributed by atoms with van der Waals surface area (Å²) in [7, 11) is 0. The molecule has 0 aliphatic carbocycles. The molecule has 510 valence electrons. The Hall–Kier alpha value is -4.86. The SMILES string of the molecule is C/C=C(\C)NC(=O)CN(CC(CC)CCCC)C(=O)CN(CCCO)C(=O)CN(CC(CC)CCCC)C(=O)CN(CC(CC)CCCC)C(=O)CN(CCCO)C(=O)CN(CC(CC)CCCC)C(=O)CN(C(=O)OC(C)(C)C)C1COC(C)(C)OC1. The number of allylic oxidation sites excluding steroid dienone is 2. The van der Waals surface area contributed by atoms with Crippen LogP contribution in [0.1, 0.15) is 219 Å². The van der Waals surface area contributed by atoms with E-state index in [1.54, 1.807) is 54.5 Å². The van der Waals surface area contributed by atoms with Gasteiger partial charge in [0, 0.05) is 58.2 Å². The van der Waals surface area contributed by atoms with Gasteiger partial charge in [-0.3, -0.25) is 38.5 Å². The lowest BCUT2D eigenvalue weighted by Gasteiger charge is -2.41. The molecule has 4 atom stereocenters. The smallest absolute Gasteiger partial charge is 0.411 e. The van der Waals surface area contributed by atoms with Crippen molar-refractivity contribution in [1.82, 2.24) is 39.6 Å². The summed E-state index contributed by atoms with van der Waals surface area (Å²) in [6.07, 6.45) is 14.8. The topological polar surface area (TPSA) is 239 Å². The van der Waals surface area contributed by atoms with Crippen LogP contribution in [0.25, 0.3) is 0 Å². The number of ether oxygens (including phenoxy) is 3. The second-order valence-corrected chi connectivity index (χ2v) is 25.9. The number of nitrogens with zero attached hydrogens (tertiary/aromatic N) is 7. The minimum atomic E-state index is -0.906. The number of nitrogens with one attached hydrogen (secondary N) is 1. The molecule has 1 aliphatic rings. The molecule has 0 aromatic rings. The van der Waals surface area contributed by atoms with E-state index < -0.39 is 91.7 Å². The highest BCUT2D eigenvalue weighted by molar-refractivity contribution is 5.93. The van der Waals surface area contributed by atoms with Crippen LogP contribution in [0.2, 0.25) is 0 Å². The first kappa shape index (κ1) is 81.2. The molecule has 0 radical (unpaired) electrons. The van der Waals surface area contributed by atoms with Crippen molar-refractivity contribution in [2.45, 2.75) is 237 Å². The highest BCUT2D eigenvalue weighted by atomic mass is 16.7. The number of hydrogen-bond acceptors (Lipinski definition) is 13. The van der Waals surface area contributed by atoms with Gasteiger partial charge in [0.15, 0.2) is 5.79 Å². The van der Waals surface area contributed by atoms with Gasteiger partial charge < -0.3 is 59.1 Å². The van der Waals surface area contributed by atoms with Crippen LogP contribution >= 0.6 is 0 Å². The summed E-state index contributed by atoms with van der Waals surface area (Å²) in [6.45, 7) is 26.6. The van der Waals surface area contributed by atoms with E-state index in [9.17, 15) is 39.0 Å². The first-order valence-corrected chi connectivity index (χ1v) is 33.8. The summed E-state index contributed by atoms with van der Waals surface area (Å²) in [5.41, 5.74) is -0.249. The number of aliphatic hydroxyl groups excluding tert-OH is 2. The maximum atomic E-state index is 15.2. The van der Waals surface area contributed by atoms with Gasteiger partial charge in [0.2, 0.25) is 41.4 Å². The van der Waals surface area contributed by atoms with Crippen LogP contribution in [0, 0.1) is 23.7 Å². The number of hydrogen-bond donors (Lipinski definition) is 3. The Labute approximate surface area is 531 Å². The molecule has 1 fully saturated rings. The first-order valence-electron chi connectivity index (χ1n) is 33.8. The van der Waals surface area contributed by atoms with Gasteiger partial charge in [0.1, 0.15) is 12.1 Å². The van der Waals surface area contributed by atoms with Crippen LogP contribution < -0.4 is 5.32 Å². The Balaban J connectivity index is 3.93. The first-order chi connectivity index (χ1) is 41.7. The van der Waals surface area contributed by atoms with Crippen LogP contribution in [0.3, 0.4) is 0 Å². The summed E-state index contributed by atoms with van der Waals surface area (Å²) in [4.78, 5) is 127. The van der Waals surface area contributed by atoms with Crippen molar-refractivity contribution in [3.05, 3.63) is 11.8 Å². The summed E-state index contributed by atoms with van der Waals surface area (Å²) < 4.78 is 17.7. The van der Waals surface area contributed by atoms with Gasteiger partial charge in [-0.25, -0.2) is 4.79 Å². The van der Waals surface area contributed by atoms with Gasteiger partial charge >= 0.3 is 6.09 Å². The van der Waals surface area contributed by atoms with E-state index in [0.717, 1.165) is 83.5 Å². The van der Waals surface area contributed by atoms with Crippen LogP contribution in [0.4, 0.5) is 4.79 Å². The average Bonchev–Trinajstić information content (AvgIpc) is 3.67. The standard InChI is InChI=1S/C67H124N8O13/c1-16-25-31-53(21-6)39-71(43-58(78)68-52(10)20-5)61(81)44-69(35-29-37-76)59(79)46-72(40-54(22-7)32-26-17-2)63(83)48-73(41-55(23-8)33-27-18-3)62(82)45-70(36-30-38-77)60(80)47-74(42-56(24-9)34-28-19-4)64(84)49-75(65(85)88-66(11,12)13)57-50-86-67(14,15)87-51-57/h20,53-57,76-77H,16-19,21-51H2,1-15H3,(H,68,78)/b52-20+. The van der Waals surface area contributed by atoms with Crippen molar-refractivity contribution in [3.8, 4) is 0 Å². The Morgan fingerprint density at radius 1 is 0.511 bits per heavy atom. The summed E-state index contributed by atoms with van der Waals surface area (Å²) in [5.74, 6) is -4.14. The fraction of sp³-hybridized carbons (Fsp3) is 0.851. The van der Waals surface area contributed by atoms with Crippen LogP contribution in [-0.2, 0) is 47.8 Å². The molecular formula is C67H124N8O13. The maximum Gasteiger partial charge on any atom is 0.411 e. The zero-order chi connectivity index (χ0) is 66.4. The molecule has 21 nitrogen and oxygen atoms in total.